The number of para-hydroxylation sites is 3. The molecule has 0 aromatic heterocycles. The zero-order valence-corrected chi connectivity index (χ0v) is 18.9. The third kappa shape index (κ3) is 5.83. The maximum Gasteiger partial charge on any atom is 0.296 e. The summed E-state index contributed by atoms with van der Waals surface area (Å²) in [6, 6.07) is 19.7. The minimum Gasteiger partial charge on any atom is -0.486 e. The number of fused-ring (bicyclic) bond motifs is 1. The molecular formula is C26H23N3O6. The molecule has 1 unspecified atom stereocenters. The molecule has 1 atom stereocenters. The van der Waals surface area contributed by atoms with Crippen molar-refractivity contribution in [1.82, 2.24) is 5.32 Å². The summed E-state index contributed by atoms with van der Waals surface area (Å²) in [7, 11) is 0. The van der Waals surface area contributed by atoms with Crippen LogP contribution in [-0.2, 0) is 9.59 Å². The standard InChI is InChI=1S/C26H23N3O6/c1-16(30)28-21-7-3-2-6-20(21)24(31)26(33)29-18-12-10-17(11-13-18)25(32)27-14-19-15-34-22-8-4-5-9-23(22)35-19/h2-13,19H,14-15H2,1H3,(H,27,32)(H,28,30)(H,29,33). The Morgan fingerprint density at radius 1 is 0.857 bits per heavy atom. The van der Waals surface area contributed by atoms with Gasteiger partial charge in [-0.15, -0.1) is 0 Å². The molecule has 0 radical (unpaired) electrons. The lowest BCUT2D eigenvalue weighted by Crippen LogP contribution is -2.40. The van der Waals surface area contributed by atoms with Crippen molar-refractivity contribution >= 4 is 34.9 Å². The third-order valence-electron chi connectivity index (χ3n) is 5.15. The van der Waals surface area contributed by atoms with Gasteiger partial charge in [0, 0.05) is 18.2 Å². The first kappa shape index (κ1) is 23.5. The van der Waals surface area contributed by atoms with E-state index in [1.54, 1.807) is 24.3 Å². The Labute approximate surface area is 201 Å². The lowest BCUT2D eigenvalue weighted by atomic mass is 10.1. The summed E-state index contributed by atoms with van der Waals surface area (Å²) in [5.74, 6) is -1.03. The van der Waals surface area contributed by atoms with Crippen LogP contribution in [0, 0.1) is 0 Å². The Kier molecular flexibility index (Phi) is 7.06. The quantitative estimate of drug-likeness (QED) is 0.358. The molecule has 3 N–H and O–H groups in total. The number of ether oxygens (including phenoxy) is 2. The average molecular weight is 473 g/mol. The van der Waals surface area contributed by atoms with Gasteiger partial charge in [0.25, 0.3) is 17.6 Å². The normalized spacial score (nSPS) is 13.9. The van der Waals surface area contributed by atoms with Gasteiger partial charge in [0.05, 0.1) is 17.8 Å². The van der Waals surface area contributed by atoms with E-state index >= 15 is 0 Å². The van der Waals surface area contributed by atoms with Crippen LogP contribution in [0.4, 0.5) is 11.4 Å². The van der Waals surface area contributed by atoms with Gasteiger partial charge in [-0.1, -0.05) is 24.3 Å². The second-order valence-corrected chi connectivity index (χ2v) is 7.79. The van der Waals surface area contributed by atoms with Crippen molar-refractivity contribution in [3.05, 3.63) is 83.9 Å². The number of nitrogens with one attached hydrogen (secondary N) is 3. The molecular weight excluding hydrogens is 450 g/mol. The average Bonchev–Trinajstić information content (AvgIpc) is 2.87. The summed E-state index contributed by atoms with van der Waals surface area (Å²) in [6.45, 7) is 1.89. The predicted molar refractivity (Wildman–Crippen MR) is 129 cm³/mol. The number of benzene rings is 3. The van der Waals surface area contributed by atoms with Crippen molar-refractivity contribution in [3.8, 4) is 11.5 Å². The molecule has 1 aliphatic heterocycles. The highest BCUT2D eigenvalue weighted by Crippen LogP contribution is 2.30. The maximum atomic E-state index is 12.6. The number of Topliss-reactive ketones (excluding diaryl/α,β-unsaturated/α-hetero) is 1. The van der Waals surface area contributed by atoms with Gasteiger partial charge in [0.15, 0.2) is 11.5 Å². The van der Waals surface area contributed by atoms with Crippen molar-refractivity contribution in [1.29, 1.82) is 0 Å². The van der Waals surface area contributed by atoms with Gasteiger partial charge in [-0.25, -0.2) is 0 Å². The van der Waals surface area contributed by atoms with Crippen LogP contribution in [0.5, 0.6) is 11.5 Å². The van der Waals surface area contributed by atoms with Gasteiger partial charge < -0.3 is 25.4 Å². The highest BCUT2D eigenvalue weighted by molar-refractivity contribution is 6.47. The van der Waals surface area contributed by atoms with Crippen LogP contribution >= 0.6 is 0 Å². The van der Waals surface area contributed by atoms with Gasteiger partial charge in [-0.3, -0.25) is 19.2 Å². The van der Waals surface area contributed by atoms with Gasteiger partial charge >= 0.3 is 0 Å². The minimum absolute atomic E-state index is 0.0766. The zero-order chi connectivity index (χ0) is 24.8. The largest absolute Gasteiger partial charge is 0.486 e. The number of hydrogen-bond donors (Lipinski definition) is 3. The molecule has 3 amide bonds. The van der Waals surface area contributed by atoms with Crippen LogP contribution in [-0.4, -0.2) is 42.8 Å². The van der Waals surface area contributed by atoms with Crippen LogP contribution in [0.15, 0.2) is 72.8 Å². The Balaban J connectivity index is 1.32. The molecule has 1 aliphatic rings. The van der Waals surface area contributed by atoms with Crippen LogP contribution in [0.3, 0.4) is 0 Å². The molecule has 0 aliphatic carbocycles. The lowest BCUT2D eigenvalue weighted by Gasteiger charge is -2.26. The van der Waals surface area contributed by atoms with Crippen LogP contribution in [0.2, 0.25) is 0 Å². The first-order valence-corrected chi connectivity index (χ1v) is 10.9. The fourth-order valence-corrected chi connectivity index (χ4v) is 3.47. The van der Waals surface area contributed by atoms with E-state index in [9.17, 15) is 19.2 Å². The number of amides is 3. The molecule has 0 spiro atoms. The smallest absolute Gasteiger partial charge is 0.296 e. The van der Waals surface area contributed by atoms with E-state index < -0.39 is 11.7 Å². The second kappa shape index (κ2) is 10.5. The molecule has 3 aromatic rings. The van der Waals surface area contributed by atoms with E-state index in [0.717, 1.165) is 0 Å². The summed E-state index contributed by atoms with van der Waals surface area (Å²) in [4.78, 5) is 48.9. The molecule has 4 rings (SSSR count). The second-order valence-electron chi connectivity index (χ2n) is 7.79. The Morgan fingerprint density at radius 3 is 2.29 bits per heavy atom. The van der Waals surface area contributed by atoms with E-state index in [1.165, 1.54) is 37.3 Å². The van der Waals surface area contributed by atoms with E-state index in [4.69, 9.17) is 9.47 Å². The lowest BCUT2D eigenvalue weighted by molar-refractivity contribution is -0.114. The number of carbonyl (C=O) groups is 4. The first-order valence-electron chi connectivity index (χ1n) is 10.9. The summed E-state index contributed by atoms with van der Waals surface area (Å²) < 4.78 is 11.5. The molecule has 35 heavy (non-hydrogen) atoms. The molecule has 0 fully saturated rings. The van der Waals surface area contributed by atoms with Crippen molar-refractivity contribution < 1.29 is 28.7 Å². The number of carbonyl (C=O) groups excluding carboxylic acids is 4. The number of hydrogen-bond acceptors (Lipinski definition) is 6. The van der Waals surface area contributed by atoms with E-state index in [0.29, 0.717) is 29.4 Å². The molecule has 3 aromatic carbocycles. The van der Waals surface area contributed by atoms with Gasteiger partial charge in [-0.05, 0) is 48.5 Å². The molecule has 1 heterocycles. The fraction of sp³-hybridized carbons (Fsp3) is 0.154. The van der Waals surface area contributed by atoms with E-state index in [-0.39, 0.29) is 35.7 Å². The summed E-state index contributed by atoms with van der Waals surface area (Å²) in [5, 5.41) is 7.84. The molecule has 0 saturated heterocycles. The Bertz CT molecular complexity index is 1270. The van der Waals surface area contributed by atoms with Crippen molar-refractivity contribution in [3.63, 3.8) is 0 Å². The first-order chi connectivity index (χ1) is 16.9. The van der Waals surface area contributed by atoms with Crippen LogP contribution in [0.25, 0.3) is 0 Å². The number of rotatable bonds is 7. The monoisotopic (exact) mass is 473 g/mol. The number of ketones is 1. The van der Waals surface area contributed by atoms with Crippen LogP contribution in [0.1, 0.15) is 27.6 Å². The molecule has 178 valence electrons. The highest BCUT2D eigenvalue weighted by atomic mass is 16.6. The minimum atomic E-state index is -0.866. The summed E-state index contributed by atoms with van der Waals surface area (Å²) >= 11 is 0. The van der Waals surface area contributed by atoms with Gasteiger partial charge in [-0.2, -0.15) is 0 Å². The van der Waals surface area contributed by atoms with E-state index in [2.05, 4.69) is 16.0 Å². The third-order valence-corrected chi connectivity index (χ3v) is 5.15. The molecule has 9 nitrogen and oxygen atoms in total. The molecule has 0 saturated carbocycles. The van der Waals surface area contributed by atoms with Gasteiger partial charge in [0.1, 0.15) is 12.7 Å². The SMILES string of the molecule is CC(=O)Nc1ccccc1C(=O)C(=O)Nc1ccc(C(=O)NCC2COc3ccccc3O2)cc1. The zero-order valence-electron chi connectivity index (χ0n) is 18.9. The molecule has 0 bridgehead atoms. The summed E-state index contributed by atoms with van der Waals surface area (Å²) in [5.41, 5.74) is 1.05. The van der Waals surface area contributed by atoms with E-state index in [1.807, 2.05) is 18.2 Å². The summed E-state index contributed by atoms with van der Waals surface area (Å²) in [6.07, 6.45) is -0.321. The van der Waals surface area contributed by atoms with Crippen molar-refractivity contribution in [2.45, 2.75) is 13.0 Å². The maximum absolute atomic E-state index is 12.6. The van der Waals surface area contributed by atoms with Crippen molar-refractivity contribution in [2.24, 2.45) is 0 Å². The Morgan fingerprint density at radius 2 is 1.54 bits per heavy atom. The molecule has 9 heteroatoms. The van der Waals surface area contributed by atoms with Gasteiger partial charge in [0.2, 0.25) is 5.91 Å². The van der Waals surface area contributed by atoms with Crippen LogP contribution < -0.4 is 25.4 Å². The highest BCUT2D eigenvalue weighted by Gasteiger charge is 2.22. The predicted octanol–water partition coefficient (Wildman–Crippen LogP) is 3.04. The fourth-order valence-electron chi connectivity index (χ4n) is 3.47. The topological polar surface area (TPSA) is 123 Å². The number of anilines is 2. The van der Waals surface area contributed by atoms with Crippen molar-refractivity contribution in [2.75, 3.05) is 23.8 Å². The Hall–Kier alpha value is -4.66.